The zero-order valence-corrected chi connectivity index (χ0v) is 11.6. The molecule has 2 heterocycles. The molecule has 1 amide bonds. The van der Waals surface area contributed by atoms with E-state index >= 15 is 0 Å². The van der Waals surface area contributed by atoms with Gasteiger partial charge in [0.15, 0.2) is 5.82 Å². The van der Waals surface area contributed by atoms with Gasteiger partial charge in [-0.3, -0.25) is 4.79 Å². The molecule has 2 aromatic heterocycles. The molecule has 0 saturated carbocycles. The zero-order chi connectivity index (χ0) is 14.4. The minimum atomic E-state index is -0.227. The molecular weight excluding hydrogens is 256 g/mol. The van der Waals surface area contributed by atoms with E-state index in [9.17, 15) is 4.79 Å². The third-order valence-electron chi connectivity index (χ3n) is 2.79. The summed E-state index contributed by atoms with van der Waals surface area (Å²) in [7, 11) is 1.83. The summed E-state index contributed by atoms with van der Waals surface area (Å²) in [5.74, 6) is 0.467. The Morgan fingerprint density at radius 2 is 2.25 bits per heavy atom. The number of carbonyl (C=O) groups excluding carboxylic acids is 1. The lowest BCUT2D eigenvalue weighted by molar-refractivity contribution is 0.0944. The first kappa shape index (κ1) is 14.0. The fourth-order valence-electron chi connectivity index (χ4n) is 1.62. The molecule has 0 aliphatic carbocycles. The summed E-state index contributed by atoms with van der Waals surface area (Å²) >= 11 is 0. The highest BCUT2D eigenvalue weighted by Crippen LogP contribution is 2.06. The SMILES string of the molecule is CCCNc1ccc(C(=O)NCc2nncn2C)nc1. The number of aromatic nitrogens is 4. The van der Waals surface area contributed by atoms with E-state index in [4.69, 9.17) is 0 Å². The van der Waals surface area contributed by atoms with Crippen LogP contribution in [0.1, 0.15) is 29.7 Å². The number of nitrogens with one attached hydrogen (secondary N) is 2. The number of anilines is 1. The first-order valence-corrected chi connectivity index (χ1v) is 6.51. The van der Waals surface area contributed by atoms with Crippen molar-refractivity contribution in [2.75, 3.05) is 11.9 Å². The van der Waals surface area contributed by atoms with Gasteiger partial charge in [0.25, 0.3) is 5.91 Å². The largest absolute Gasteiger partial charge is 0.384 e. The van der Waals surface area contributed by atoms with E-state index in [0.717, 1.165) is 18.7 Å². The summed E-state index contributed by atoms with van der Waals surface area (Å²) in [5, 5.41) is 13.6. The van der Waals surface area contributed by atoms with Gasteiger partial charge < -0.3 is 15.2 Å². The number of hydrogen-bond acceptors (Lipinski definition) is 5. The van der Waals surface area contributed by atoms with Gasteiger partial charge in [-0.2, -0.15) is 0 Å². The van der Waals surface area contributed by atoms with E-state index in [2.05, 4.69) is 32.7 Å². The highest BCUT2D eigenvalue weighted by atomic mass is 16.1. The lowest BCUT2D eigenvalue weighted by Crippen LogP contribution is -2.25. The normalized spacial score (nSPS) is 10.3. The second-order valence-electron chi connectivity index (χ2n) is 4.40. The maximum atomic E-state index is 11.9. The van der Waals surface area contributed by atoms with Crippen molar-refractivity contribution in [3.05, 3.63) is 36.2 Å². The Bertz CT molecular complexity index is 562. The highest BCUT2D eigenvalue weighted by Gasteiger charge is 2.08. The van der Waals surface area contributed by atoms with Gasteiger partial charge in [-0.25, -0.2) is 4.98 Å². The number of hydrogen-bond donors (Lipinski definition) is 2. The Balaban J connectivity index is 1.90. The van der Waals surface area contributed by atoms with Crippen molar-refractivity contribution >= 4 is 11.6 Å². The fraction of sp³-hybridized carbons (Fsp3) is 0.385. The van der Waals surface area contributed by atoms with Crippen molar-refractivity contribution in [2.45, 2.75) is 19.9 Å². The number of nitrogens with zero attached hydrogens (tertiary/aromatic N) is 4. The van der Waals surface area contributed by atoms with Crippen molar-refractivity contribution in [3.63, 3.8) is 0 Å². The molecular formula is C13H18N6O. The first-order chi connectivity index (χ1) is 9.70. The van der Waals surface area contributed by atoms with E-state index in [1.54, 1.807) is 23.2 Å². The van der Waals surface area contributed by atoms with Gasteiger partial charge in [0.1, 0.15) is 12.0 Å². The molecule has 7 nitrogen and oxygen atoms in total. The summed E-state index contributed by atoms with van der Waals surface area (Å²) in [6, 6.07) is 3.55. The maximum Gasteiger partial charge on any atom is 0.270 e. The van der Waals surface area contributed by atoms with Crippen LogP contribution < -0.4 is 10.6 Å². The molecule has 2 rings (SSSR count). The minimum Gasteiger partial charge on any atom is -0.384 e. The molecule has 0 unspecified atom stereocenters. The van der Waals surface area contributed by atoms with Crippen LogP contribution in [-0.2, 0) is 13.6 Å². The van der Waals surface area contributed by atoms with Crippen LogP contribution in [-0.4, -0.2) is 32.2 Å². The zero-order valence-electron chi connectivity index (χ0n) is 11.6. The van der Waals surface area contributed by atoms with Crippen molar-refractivity contribution in [3.8, 4) is 0 Å². The number of pyridine rings is 1. The van der Waals surface area contributed by atoms with Crippen molar-refractivity contribution in [1.82, 2.24) is 25.1 Å². The van der Waals surface area contributed by atoms with Crippen LogP contribution in [0, 0.1) is 0 Å². The molecule has 0 fully saturated rings. The van der Waals surface area contributed by atoms with Crippen LogP contribution in [0.2, 0.25) is 0 Å². The quantitative estimate of drug-likeness (QED) is 0.819. The summed E-state index contributed by atoms with van der Waals surface area (Å²) in [6.07, 6.45) is 4.29. The van der Waals surface area contributed by atoms with Crippen LogP contribution in [0.4, 0.5) is 5.69 Å². The van der Waals surface area contributed by atoms with Crippen molar-refractivity contribution < 1.29 is 4.79 Å². The molecule has 2 aromatic rings. The number of rotatable bonds is 6. The molecule has 0 bridgehead atoms. The third kappa shape index (κ3) is 3.53. The third-order valence-corrected chi connectivity index (χ3v) is 2.79. The van der Waals surface area contributed by atoms with Crippen molar-refractivity contribution in [2.24, 2.45) is 7.05 Å². The summed E-state index contributed by atoms with van der Waals surface area (Å²) < 4.78 is 1.76. The summed E-state index contributed by atoms with van der Waals surface area (Å²) in [4.78, 5) is 16.1. The molecule has 2 N–H and O–H groups in total. The molecule has 106 valence electrons. The number of amides is 1. The van der Waals surface area contributed by atoms with E-state index in [1.807, 2.05) is 13.1 Å². The molecule has 0 aliphatic rings. The maximum absolute atomic E-state index is 11.9. The van der Waals surface area contributed by atoms with Gasteiger partial charge in [0.2, 0.25) is 0 Å². The van der Waals surface area contributed by atoms with E-state index in [1.165, 1.54) is 0 Å². The predicted molar refractivity (Wildman–Crippen MR) is 75.2 cm³/mol. The Hall–Kier alpha value is -2.44. The van der Waals surface area contributed by atoms with Gasteiger partial charge >= 0.3 is 0 Å². The lowest BCUT2D eigenvalue weighted by atomic mass is 10.3. The van der Waals surface area contributed by atoms with Gasteiger partial charge in [-0.1, -0.05) is 6.92 Å². The highest BCUT2D eigenvalue weighted by molar-refractivity contribution is 5.92. The number of aryl methyl sites for hydroxylation is 1. The standard InChI is InChI=1S/C13H18N6O/c1-3-6-14-10-4-5-11(15-7-10)13(20)16-8-12-18-17-9-19(12)2/h4-5,7,9,14H,3,6,8H2,1-2H3,(H,16,20). The fourth-order valence-corrected chi connectivity index (χ4v) is 1.62. The van der Waals surface area contributed by atoms with Gasteiger partial charge in [0.05, 0.1) is 18.4 Å². The minimum absolute atomic E-state index is 0.227. The van der Waals surface area contributed by atoms with E-state index in [-0.39, 0.29) is 5.91 Å². The van der Waals surface area contributed by atoms with Gasteiger partial charge in [0, 0.05) is 13.6 Å². The van der Waals surface area contributed by atoms with Crippen LogP contribution >= 0.6 is 0 Å². The van der Waals surface area contributed by atoms with Crippen molar-refractivity contribution in [1.29, 1.82) is 0 Å². The molecule has 0 aromatic carbocycles. The van der Waals surface area contributed by atoms with E-state index in [0.29, 0.717) is 18.1 Å². The Morgan fingerprint density at radius 3 is 2.85 bits per heavy atom. The Labute approximate surface area is 117 Å². The number of carbonyl (C=O) groups is 1. The molecule has 0 atom stereocenters. The molecule has 7 heteroatoms. The monoisotopic (exact) mass is 274 g/mol. The predicted octanol–water partition coefficient (Wildman–Crippen LogP) is 0.962. The smallest absolute Gasteiger partial charge is 0.270 e. The molecule has 0 aliphatic heterocycles. The van der Waals surface area contributed by atoms with Crippen LogP contribution in [0.3, 0.4) is 0 Å². The topological polar surface area (TPSA) is 84.7 Å². The summed E-state index contributed by atoms with van der Waals surface area (Å²) in [6.45, 7) is 3.31. The van der Waals surface area contributed by atoms with Crippen LogP contribution in [0.25, 0.3) is 0 Å². The summed E-state index contributed by atoms with van der Waals surface area (Å²) in [5.41, 5.74) is 1.30. The molecule has 20 heavy (non-hydrogen) atoms. The Kier molecular flexibility index (Phi) is 4.65. The molecule has 0 radical (unpaired) electrons. The van der Waals surface area contributed by atoms with Gasteiger partial charge in [-0.15, -0.1) is 10.2 Å². The lowest BCUT2D eigenvalue weighted by Gasteiger charge is -2.06. The Morgan fingerprint density at radius 1 is 1.40 bits per heavy atom. The average molecular weight is 274 g/mol. The molecule has 0 saturated heterocycles. The van der Waals surface area contributed by atoms with Crippen LogP contribution in [0.15, 0.2) is 24.7 Å². The second-order valence-corrected chi connectivity index (χ2v) is 4.40. The van der Waals surface area contributed by atoms with Gasteiger partial charge in [-0.05, 0) is 18.6 Å². The average Bonchev–Trinajstić information content (AvgIpc) is 2.88. The van der Waals surface area contributed by atoms with Crippen LogP contribution in [0.5, 0.6) is 0 Å². The second kappa shape index (κ2) is 6.65. The molecule has 0 spiro atoms. The van der Waals surface area contributed by atoms with E-state index < -0.39 is 0 Å². The first-order valence-electron chi connectivity index (χ1n) is 6.51.